The van der Waals surface area contributed by atoms with Crippen molar-refractivity contribution in [2.75, 3.05) is 0 Å². The third kappa shape index (κ3) is 2.45. The van der Waals surface area contributed by atoms with Gasteiger partial charge in [0.15, 0.2) is 0 Å². The Morgan fingerprint density at radius 2 is 2.05 bits per heavy atom. The van der Waals surface area contributed by atoms with E-state index >= 15 is 0 Å². The van der Waals surface area contributed by atoms with E-state index in [9.17, 15) is 9.59 Å². The Labute approximate surface area is 120 Å². The number of aryl methyl sites for hydroxylation is 1. The quantitative estimate of drug-likeness (QED) is 0.802. The van der Waals surface area contributed by atoms with Crippen LogP contribution in [0.25, 0.3) is 10.8 Å². The first kappa shape index (κ1) is 13.2. The van der Waals surface area contributed by atoms with Gasteiger partial charge in [-0.25, -0.2) is 4.79 Å². The van der Waals surface area contributed by atoms with Crippen LogP contribution in [0.4, 0.5) is 0 Å². The highest BCUT2D eigenvalue weighted by molar-refractivity contribution is 5.84. The van der Waals surface area contributed by atoms with E-state index in [1.807, 2.05) is 25.1 Å². The minimum Gasteiger partial charge on any atom is -0.475 e. The van der Waals surface area contributed by atoms with Crippen molar-refractivity contribution in [3.05, 3.63) is 70.0 Å². The largest absolute Gasteiger partial charge is 0.475 e. The fourth-order valence-corrected chi connectivity index (χ4v) is 2.28. The maximum Gasteiger partial charge on any atom is 0.371 e. The molecule has 0 radical (unpaired) electrons. The fraction of sp³-hybridized carbons (Fsp3) is 0.125. The summed E-state index contributed by atoms with van der Waals surface area (Å²) in [4.78, 5) is 23.2. The summed E-state index contributed by atoms with van der Waals surface area (Å²) in [5, 5.41) is 10.3. The highest BCUT2D eigenvalue weighted by Gasteiger charge is 2.10. The molecule has 0 aliphatic carbocycles. The summed E-state index contributed by atoms with van der Waals surface area (Å²) < 4.78 is 6.68. The van der Waals surface area contributed by atoms with Crippen molar-refractivity contribution in [2.24, 2.45) is 0 Å². The number of carboxylic acids is 1. The van der Waals surface area contributed by atoms with Crippen LogP contribution in [0, 0.1) is 6.92 Å². The number of nitrogens with zero attached hydrogens (tertiary/aromatic N) is 1. The van der Waals surface area contributed by atoms with Gasteiger partial charge < -0.3 is 14.1 Å². The van der Waals surface area contributed by atoms with Crippen molar-refractivity contribution < 1.29 is 14.3 Å². The summed E-state index contributed by atoms with van der Waals surface area (Å²) in [7, 11) is 0. The van der Waals surface area contributed by atoms with Gasteiger partial charge in [-0.15, -0.1) is 0 Å². The lowest BCUT2D eigenvalue weighted by atomic mass is 10.1. The summed E-state index contributed by atoms with van der Waals surface area (Å²) in [5.41, 5.74) is 0.970. The lowest BCUT2D eigenvalue weighted by molar-refractivity contribution is 0.0660. The third-order valence-electron chi connectivity index (χ3n) is 3.33. The van der Waals surface area contributed by atoms with Crippen molar-refractivity contribution >= 4 is 16.7 Å². The van der Waals surface area contributed by atoms with E-state index in [0.29, 0.717) is 11.1 Å². The number of aromatic nitrogens is 1. The predicted molar refractivity (Wildman–Crippen MR) is 77.7 cm³/mol. The number of benzene rings is 1. The van der Waals surface area contributed by atoms with E-state index in [1.165, 1.54) is 10.6 Å². The molecule has 0 saturated heterocycles. The van der Waals surface area contributed by atoms with E-state index in [-0.39, 0.29) is 17.9 Å². The molecule has 21 heavy (non-hydrogen) atoms. The standard InChI is InChI=1S/C16H13NO4/c1-10-2-4-13-11(8-10)6-7-17(15(13)18)9-12-3-5-14(21-12)16(19)20/h2-8H,9H2,1H3,(H,19,20). The Morgan fingerprint density at radius 3 is 2.76 bits per heavy atom. The van der Waals surface area contributed by atoms with Crippen LogP contribution in [0.2, 0.25) is 0 Å². The summed E-state index contributed by atoms with van der Waals surface area (Å²) >= 11 is 0. The van der Waals surface area contributed by atoms with Crippen molar-refractivity contribution in [3.63, 3.8) is 0 Å². The van der Waals surface area contributed by atoms with Crippen LogP contribution in [0.1, 0.15) is 21.9 Å². The van der Waals surface area contributed by atoms with Gasteiger partial charge in [-0.05, 0) is 36.6 Å². The molecule has 0 spiro atoms. The molecule has 2 aromatic heterocycles. The lowest BCUT2D eigenvalue weighted by Gasteiger charge is -2.06. The van der Waals surface area contributed by atoms with Crippen LogP contribution in [-0.2, 0) is 6.54 Å². The molecule has 1 aromatic carbocycles. The fourth-order valence-electron chi connectivity index (χ4n) is 2.28. The first-order valence-corrected chi connectivity index (χ1v) is 6.46. The Bertz CT molecular complexity index is 889. The Kier molecular flexibility index (Phi) is 3.10. The Morgan fingerprint density at radius 1 is 1.24 bits per heavy atom. The molecule has 0 unspecified atom stereocenters. The molecule has 0 atom stereocenters. The molecular formula is C16H13NO4. The summed E-state index contributed by atoms with van der Waals surface area (Å²) in [5.74, 6) is -0.821. The second-order valence-corrected chi connectivity index (χ2v) is 4.91. The van der Waals surface area contributed by atoms with E-state index in [0.717, 1.165) is 10.9 Å². The van der Waals surface area contributed by atoms with Crippen LogP contribution in [-0.4, -0.2) is 15.6 Å². The highest BCUT2D eigenvalue weighted by Crippen LogP contribution is 2.13. The minimum absolute atomic E-state index is 0.124. The van der Waals surface area contributed by atoms with Gasteiger partial charge in [-0.3, -0.25) is 4.79 Å². The molecule has 0 aliphatic rings. The van der Waals surface area contributed by atoms with Gasteiger partial charge in [-0.2, -0.15) is 0 Å². The molecule has 0 bridgehead atoms. The average molecular weight is 283 g/mol. The molecule has 5 nitrogen and oxygen atoms in total. The number of pyridine rings is 1. The van der Waals surface area contributed by atoms with E-state index in [1.54, 1.807) is 18.3 Å². The van der Waals surface area contributed by atoms with Gasteiger partial charge in [0.25, 0.3) is 5.56 Å². The molecule has 0 saturated carbocycles. The molecule has 1 N–H and O–H groups in total. The maximum absolute atomic E-state index is 12.4. The predicted octanol–water partition coefficient (Wildman–Crippen LogP) is 2.65. The lowest BCUT2D eigenvalue weighted by Crippen LogP contribution is -2.19. The number of carboxylic acid groups (broad SMARTS) is 1. The molecule has 2 heterocycles. The Hall–Kier alpha value is -2.82. The number of hydrogen-bond donors (Lipinski definition) is 1. The SMILES string of the molecule is Cc1ccc2c(=O)n(Cc3ccc(C(=O)O)o3)ccc2c1. The molecule has 0 amide bonds. The van der Waals surface area contributed by atoms with Crippen molar-refractivity contribution in [2.45, 2.75) is 13.5 Å². The van der Waals surface area contributed by atoms with Crippen LogP contribution in [0.3, 0.4) is 0 Å². The molecule has 0 aliphatic heterocycles. The summed E-state index contributed by atoms with van der Waals surface area (Å²) in [6, 6.07) is 10.5. The third-order valence-corrected chi connectivity index (χ3v) is 3.33. The van der Waals surface area contributed by atoms with E-state index in [4.69, 9.17) is 9.52 Å². The van der Waals surface area contributed by atoms with Gasteiger partial charge in [0.2, 0.25) is 5.76 Å². The zero-order chi connectivity index (χ0) is 15.0. The minimum atomic E-state index is -1.12. The zero-order valence-electron chi connectivity index (χ0n) is 11.4. The molecule has 106 valence electrons. The highest BCUT2D eigenvalue weighted by atomic mass is 16.4. The molecule has 0 fully saturated rings. The second kappa shape index (κ2) is 4.94. The number of fused-ring (bicyclic) bond motifs is 1. The normalized spacial score (nSPS) is 10.9. The van der Waals surface area contributed by atoms with E-state index < -0.39 is 5.97 Å². The van der Waals surface area contributed by atoms with Crippen molar-refractivity contribution in [1.82, 2.24) is 4.57 Å². The molecule has 5 heteroatoms. The van der Waals surface area contributed by atoms with Crippen molar-refractivity contribution in [3.8, 4) is 0 Å². The average Bonchev–Trinajstić information content (AvgIpc) is 2.91. The summed E-state index contributed by atoms with van der Waals surface area (Å²) in [6.45, 7) is 2.18. The van der Waals surface area contributed by atoms with Gasteiger partial charge >= 0.3 is 5.97 Å². The maximum atomic E-state index is 12.4. The molecular weight excluding hydrogens is 270 g/mol. The van der Waals surface area contributed by atoms with Crippen LogP contribution >= 0.6 is 0 Å². The van der Waals surface area contributed by atoms with Gasteiger partial charge in [0.1, 0.15) is 5.76 Å². The van der Waals surface area contributed by atoms with Crippen LogP contribution in [0.15, 0.2) is 51.8 Å². The zero-order valence-corrected chi connectivity index (χ0v) is 11.4. The number of aromatic carboxylic acids is 1. The number of furan rings is 1. The number of hydrogen-bond acceptors (Lipinski definition) is 3. The molecule has 3 aromatic rings. The first-order chi connectivity index (χ1) is 10.0. The Balaban J connectivity index is 2.00. The van der Waals surface area contributed by atoms with Gasteiger partial charge in [-0.1, -0.05) is 17.7 Å². The number of rotatable bonds is 3. The smallest absolute Gasteiger partial charge is 0.371 e. The monoisotopic (exact) mass is 283 g/mol. The van der Waals surface area contributed by atoms with Crippen LogP contribution < -0.4 is 5.56 Å². The molecule has 3 rings (SSSR count). The topological polar surface area (TPSA) is 72.4 Å². The van der Waals surface area contributed by atoms with Crippen molar-refractivity contribution in [1.29, 1.82) is 0 Å². The first-order valence-electron chi connectivity index (χ1n) is 6.46. The summed E-state index contributed by atoms with van der Waals surface area (Å²) in [6.07, 6.45) is 1.69. The van der Waals surface area contributed by atoms with Crippen LogP contribution in [0.5, 0.6) is 0 Å². The van der Waals surface area contributed by atoms with E-state index in [2.05, 4.69) is 0 Å². The number of carbonyl (C=O) groups is 1. The van der Waals surface area contributed by atoms with Gasteiger partial charge in [0.05, 0.1) is 6.54 Å². The van der Waals surface area contributed by atoms with Gasteiger partial charge in [0, 0.05) is 11.6 Å². The second-order valence-electron chi connectivity index (χ2n) is 4.91.